The maximum absolute atomic E-state index is 8.49. The molecule has 0 radical (unpaired) electrons. The van der Waals surface area contributed by atoms with E-state index in [1.54, 1.807) is 6.92 Å². The Kier molecular flexibility index (Phi) is 13.6. The lowest BCUT2D eigenvalue weighted by molar-refractivity contribution is 0.194. The highest BCUT2D eigenvalue weighted by Gasteiger charge is 1.86. The zero-order chi connectivity index (χ0) is 6.99. The van der Waals surface area contributed by atoms with Crippen LogP contribution >= 0.6 is 0 Å². The molecule has 0 aliphatic heterocycles. The van der Waals surface area contributed by atoms with E-state index < -0.39 is 0 Å². The zero-order valence-corrected chi connectivity index (χ0v) is 6.23. The summed E-state index contributed by atoms with van der Waals surface area (Å²) in [4.78, 5) is 0. The molecule has 0 spiro atoms. The van der Waals surface area contributed by atoms with Crippen LogP contribution < -0.4 is 5.32 Å². The number of hydrogen-bond donors (Lipinski definition) is 2. The first-order valence-electron chi connectivity index (χ1n) is 3.10. The molecule has 0 heterocycles. The Hall–Kier alpha value is -0.0800. The molecule has 0 fully saturated rings. The predicted molar refractivity (Wildman–Crippen MR) is 37.0 cm³/mol. The van der Waals surface area contributed by atoms with Crippen LogP contribution in [0.3, 0.4) is 0 Å². The van der Waals surface area contributed by atoms with E-state index in [9.17, 15) is 0 Å². The topological polar surface area (TPSA) is 32.3 Å². The highest BCUT2D eigenvalue weighted by Crippen LogP contribution is 1.69. The van der Waals surface area contributed by atoms with E-state index >= 15 is 0 Å². The SMILES string of the molecule is CC.CNC[C@H](C)O. The van der Waals surface area contributed by atoms with E-state index in [-0.39, 0.29) is 6.10 Å². The van der Waals surface area contributed by atoms with Crippen LogP contribution in [0.5, 0.6) is 0 Å². The Morgan fingerprint density at radius 2 is 1.88 bits per heavy atom. The molecule has 0 saturated heterocycles. The first kappa shape index (κ1) is 10.8. The van der Waals surface area contributed by atoms with Crippen LogP contribution in [-0.4, -0.2) is 24.8 Å². The lowest BCUT2D eigenvalue weighted by Crippen LogP contribution is -2.19. The van der Waals surface area contributed by atoms with E-state index in [1.165, 1.54) is 0 Å². The van der Waals surface area contributed by atoms with Crippen molar-refractivity contribution in [1.82, 2.24) is 5.32 Å². The molecule has 0 rings (SSSR count). The quantitative estimate of drug-likeness (QED) is 0.558. The molecule has 1 atom stereocenters. The predicted octanol–water partition coefficient (Wildman–Crippen LogP) is 0.613. The highest BCUT2D eigenvalue weighted by molar-refractivity contribution is 4.44. The van der Waals surface area contributed by atoms with Gasteiger partial charge in [0, 0.05) is 6.54 Å². The molecular weight excluding hydrogens is 102 g/mol. The molecule has 0 aromatic rings. The van der Waals surface area contributed by atoms with E-state index in [0.29, 0.717) is 6.54 Å². The summed E-state index contributed by atoms with van der Waals surface area (Å²) < 4.78 is 0. The number of rotatable bonds is 2. The van der Waals surface area contributed by atoms with Crippen molar-refractivity contribution in [3.63, 3.8) is 0 Å². The molecule has 0 aliphatic rings. The van der Waals surface area contributed by atoms with Gasteiger partial charge in [-0.25, -0.2) is 0 Å². The van der Waals surface area contributed by atoms with E-state index in [1.807, 2.05) is 20.9 Å². The Labute approximate surface area is 51.9 Å². The average molecular weight is 119 g/mol. The fraction of sp³-hybridized carbons (Fsp3) is 1.00. The first-order chi connectivity index (χ1) is 3.77. The van der Waals surface area contributed by atoms with Crippen molar-refractivity contribution in [3.8, 4) is 0 Å². The number of aliphatic hydroxyl groups is 1. The molecule has 52 valence electrons. The van der Waals surface area contributed by atoms with Crippen LogP contribution in [0.4, 0.5) is 0 Å². The number of likely N-dealkylation sites (N-methyl/N-ethyl adjacent to an activating group) is 1. The normalized spacial score (nSPS) is 11.6. The van der Waals surface area contributed by atoms with Gasteiger partial charge in [-0.15, -0.1) is 0 Å². The van der Waals surface area contributed by atoms with Crippen LogP contribution in [0.2, 0.25) is 0 Å². The molecule has 0 aliphatic carbocycles. The molecule has 0 aromatic carbocycles. The molecule has 0 bridgehead atoms. The summed E-state index contributed by atoms with van der Waals surface area (Å²) in [5.74, 6) is 0. The summed E-state index contributed by atoms with van der Waals surface area (Å²) in [5.41, 5.74) is 0. The third-order valence-electron chi connectivity index (χ3n) is 0.500. The smallest absolute Gasteiger partial charge is 0.0636 e. The van der Waals surface area contributed by atoms with Gasteiger partial charge in [-0.05, 0) is 14.0 Å². The number of aliphatic hydroxyl groups excluding tert-OH is 1. The second kappa shape index (κ2) is 10.0. The monoisotopic (exact) mass is 119 g/mol. The standard InChI is InChI=1S/C4H11NO.C2H6/c1-4(6)3-5-2;1-2/h4-6H,3H2,1-2H3;1-2H3/t4-;/m0./s1. The lowest BCUT2D eigenvalue weighted by atomic mass is 10.4. The minimum Gasteiger partial charge on any atom is -0.392 e. The van der Waals surface area contributed by atoms with Crippen LogP contribution in [-0.2, 0) is 0 Å². The molecule has 0 saturated carbocycles. The largest absolute Gasteiger partial charge is 0.392 e. The van der Waals surface area contributed by atoms with Crippen molar-refractivity contribution in [2.75, 3.05) is 13.6 Å². The average Bonchev–Trinajstić information content (AvgIpc) is 1.72. The van der Waals surface area contributed by atoms with Crippen molar-refractivity contribution in [3.05, 3.63) is 0 Å². The fourth-order valence-electron chi connectivity index (χ4n) is 0.295. The molecule has 2 nitrogen and oxygen atoms in total. The van der Waals surface area contributed by atoms with Crippen molar-refractivity contribution >= 4 is 0 Å². The minimum atomic E-state index is -0.213. The Morgan fingerprint density at radius 3 is 1.88 bits per heavy atom. The third kappa shape index (κ3) is 16.8. The molecule has 0 aromatic heterocycles. The van der Waals surface area contributed by atoms with Crippen molar-refractivity contribution < 1.29 is 5.11 Å². The van der Waals surface area contributed by atoms with Gasteiger partial charge in [0.05, 0.1) is 6.10 Å². The second-order valence-corrected chi connectivity index (χ2v) is 1.41. The van der Waals surface area contributed by atoms with Crippen LogP contribution in [0.1, 0.15) is 20.8 Å². The Bertz CT molecular complexity index is 29.7. The molecule has 8 heavy (non-hydrogen) atoms. The van der Waals surface area contributed by atoms with E-state index in [4.69, 9.17) is 5.11 Å². The molecular formula is C6H17NO. The van der Waals surface area contributed by atoms with Crippen LogP contribution in [0.15, 0.2) is 0 Å². The zero-order valence-electron chi connectivity index (χ0n) is 6.23. The van der Waals surface area contributed by atoms with Gasteiger partial charge in [0.15, 0.2) is 0 Å². The summed E-state index contributed by atoms with van der Waals surface area (Å²) >= 11 is 0. The summed E-state index contributed by atoms with van der Waals surface area (Å²) in [6.45, 7) is 6.43. The summed E-state index contributed by atoms with van der Waals surface area (Å²) in [6.07, 6.45) is -0.213. The molecule has 2 N–H and O–H groups in total. The lowest BCUT2D eigenvalue weighted by Gasteiger charge is -1.97. The summed E-state index contributed by atoms with van der Waals surface area (Å²) in [7, 11) is 1.81. The fourth-order valence-corrected chi connectivity index (χ4v) is 0.295. The van der Waals surface area contributed by atoms with Crippen molar-refractivity contribution in [2.45, 2.75) is 26.9 Å². The van der Waals surface area contributed by atoms with Crippen LogP contribution in [0.25, 0.3) is 0 Å². The van der Waals surface area contributed by atoms with Gasteiger partial charge in [-0.1, -0.05) is 13.8 Å². The number of nitrogens with one attached hydrogen (secondary N) is 1. The van der Waals surface area contributed by atoms with E-state index in [2.05, 4.69) is 5.32 Å². The first-order valence-corrected chi connectivity index (χ1v) is 3.10. The van der Waals surface area contributed by atoms with Crippen molar-refractivity contribution in [1.29, 1.82) is 0 Å². The maximum Gasteiger partial charge on any atom is 0.0636 e. The van der Waals surface area contributed by atoms with E-state index in [0.717, 1.165) is 0 Å². The molecule has 0 unspecified atom stereocenters. The van der Waals surface area contributed by atoms with Gasteiger partial charge in [-0.2, -0.15) is 0 Å². The van der Waals surface area contributed by atoms with Gasteiger partial charge in [0.1, 0.15) is 0 Å². The summed E-state index contributed by atoms with van der Waals surface area (Å²) in [6, 6.07) is 0. The molecule has 0 amide bonds. The minimum absolute atomic E-state index is 0.213. The third-order valence-corrected chi connectivity index (χ3v) is 0.500. The number of hydrogen-bond acceptors (Lipinski definition) is 2. The van der Waals surface area contributed by atoms with Gasteiger partial charge in [-0.3, -0.25) is 0 Å². The Morgan fingerprint density at radius 1 is 1.50 bits per heavy atom. The van der Waals surface area contributed by atoms with Gasteiger partial charge in [0.2, 0.25) is 0 Å². The summed E-state index contributed by atoms with van der Waals surface area (Å²) in [5, 5.41) is 11.3. The van der Waals surface area contributed by atoms with Crippen LogP contribution in [0, 0.1) is 0 Å². The van der Waals surface area contributed by atoms with Crippen molar-refractivity contribution in [2.24, 2.45) is 0 Å². The maximum atomic E-state index is 8.49. The van der Waals surface area contributed by atoms with Gasteiger partial charge < -0.3 is 10.4 Å². The second-order valence-electron chi connectivity index (χ2n) is 1.41. The van der Waals surface area contributed by atoms with Gasteiger partial charge in [0.25, 0.3) is 0 Å². The highest BCUT2D eigenvalue weighted by atomic mass is 16.3. The van der Waals surface area contributed by atoms with Gasteiger partial charge >= 0.3 is 0 Å². The molecule has 2 heteroatoms. The Balaban J connectivity index is 0.